The number of benzene rings is 2. The van der Waals surface area contributed by atoms with Crippen LogP contribution in [0.25, 0.3) is 5.69 Å². The fourth-order valence-electron chi connectivity index (χ4n) is 3.60. The van der Waals surface area contributed by atoms with Crippen LogP contribution < -0.4 is 15.7 Å². The first-order valence-corrected chi connectivity index (χ1v) is 9.83. The van der Waals surface area contributed by atoms with Crippen LogP contribution in [0, 0.1) is 0 Å². The summed E-state index contributed by atoms with van der Waals surface area (Å²) in [5.41, 5.74) is 2.63. The number of nitrogens with one attached hydrogen (secondary N) is 2. The number of guanidine groups is 1. The minimum Gasteiger partial charge on any atom is -0.497 e. The van der Waals surface area contributed by atoms with Gasteiger partial charge in [-0.2, -0.15) is 0 Å². The number of nitrogens with zero attached hydrogens (tertiary/aromatic N) is 3. The number of fused-ring (bicyclic) bond motifs is 1. The molecule has 2 N–H and O–H groups in total. The van der Waals surface area contributed by atoms with Gasteiger partial charge in [0, 0.05) is 12.6 Å². The molecule has 1 fully saturated rings. The Hall–Kier alpha value is -3.48. The molecule has 0 spiro atoms. The minimum absolute atomic E-state index is 0.178. The van der Waals surface area contributed by atoms with E-state index in [2.05, 4.69) is 27.3 Å². The maximum atomic E-state index is 12.8. The number of hydrogen-bond donors (Lipinski definition) is 2. The third-order valence-corrected chi connectivity index (χ3v) is 5.23. The molecule has 0 bridgehead atoms. The summed E-state index contributed by atoms with van der Waals surface area (Å²) in [6, 6.07) is 18.2. The number of ether oxygens (including phenoxy) is 1. The Balaban J connectivity index is 1.53. The third-order valence-electron chi connectivity index (χ3n) is 5.23. The van der Waals surface area contributed by atoms with Crippen molar-refractivity contribution >= 4 is 11.8 Å². The third kappa shape index (κ3) is 3.51. The normalized spacial score (nSPS) is 17.1. The summed E-state index contributed by atoms with van der Waals surface area (Å²) < 4.78 is 6.98. The molecule has 1 saturated carbocycles. The van der Waals surface area contributed by atoms with Crippen LogP contribution in [0.2, 0.25) is 0 Å². The zero-order chi connectivity index (χ0) is 19.8. The Morgan fingerprint density at radius 3 is 2.72 bits per heavy atom. The highest BCUT2D eigenvalue weighted by Gasteiger charge is 2.30. The fourth-order valence-corrected chi connectivity index (χ4v) is 3.60. The lowest BCUT2D eigenvalue weighted by Gasteiger charge is -2.31. The van der Waals surface area contributed by atoms with E-state index in [0.29, 0.717) is 18.3 Å². The fraction of sp³-hybridized carbons (Fsp3) is 0.273. The van der Waals surface area contributed by atoms with Crippen molar-refractivity contribution in [1.82, 2.24) is 14.5 Å². The van der Waals surface area contributed by atoms with Gasteiger partial charge in [0.05, 0.1) is 31.1 Å². The molecular formula is C22H23N5O2. The maximum Gasteiger partial charge on any atom is 0.332 e. The molecular weight excluding hydrogens is 366 g/mol. The molecule has 7 heteroatoms. The van der Waals surface area contributed by atoms with Crippen molar-refractivity contribution in [2.75, 3.05) is 12.4 Å². The Bertz CT molecular complexity index is 1110. The lowest BCUT2D eigenvalue weighted by Crippen LogP contribution is -2.40. The zero-order valence-corrected chi connectivity index (χ0v) is 16.3. The molecule has 0 atom stereocenters. The van der Waals surface area contributed by atoms with Crippen LogP contribution in [0.1, 0.15) is 24.1 Å². The molecule has 1 aliphatic carbocycles. The Morgan fingerprint density at radius 1 is 1.14 bits per heavy atom. The number of methoxy groups -OCH3 is 1. The van der Waals surface area contributed by atoms with E-state index in [0.717, 1.165) is 42.5 Å². The Labute approximate surface area is 168 Å². The Morgan fingerprint density at radius 2 is 1.97 bits per heavy atom. The highest BCUT2D eigenvalue weighted by atomic mass is 16.5. The topological polar surface area (TPSA) is 74.6 Å². The number of aromatic amines is 1. The van der Waals surface area contributed by atoms with Gasteiger partial charge in [0.25, 0.3) is 0 Å². The van der Waals surface area contributed by atoms with Crippen molar-refractivity contribution in [2.45, 2.75) is 32.0 Å². The summed E-state index contributed by atoms with van der Waals surface area (Å²) in [5.74, 6) is 2.27. The second-order valence-electron chi connectivity index (χ2n) is 7.44. The molecule has 2 heterocycles. The van der Waals surface area contributed by atoms with Gasteiger partial charge >= 0.3 is 5.69 Å². The van der Waals surface area contributed by atoms with E-state index in [1.165, 1.54) is 5.56 Å². The molecule has 7 nitrogen and oxygen atoms in total. The van der Waals surface area contributed by atoms with E-state index < -0.39 is 0 Å². The largest absolute Gasteiger partial charge is 0.497 e. The standard InChI is InChI=1S/C22H23N5O2/c1-29-18-9-5-8-17(12-18)27-20-19(24-22(27)28)14-26(13-15-6-3-2-4-7-15)21(25-20)23-16-10-11-16/h2-9,12,16H,10-11,13-14H2,1H3,(H,23,25)(H,24,28). The second kappa shape index (κ2) is 7.16. The first-order chi connectivity index (χ1) is 14.2. The second-order valence-corrected chi connectivity index (χ2v) is 7.44. The van der Waals surface area contributed by atoms with E-state index in [1.54, 1.807) is 11.7 Å². The number of aliphatic imine (C=N–C) groups is 1. The predicted molar refractivity (Wildman–Crippen MR) is 113 cm³/mol. The van der Waals surface area contributed by atoms with Crippen molar-refractivity contribution < 1.29 is 4.74 Å². The molecule has 1 aromatic heterocycles. The van der Waals surface area contributed by atoms with Crippen LogP contribution in [0.3, 0.4) is 0 Å². The molecule has 29 heavy (non-hydrogen) atoms. The minimum atomic E-state index is -0.178. The number of rotatable bonds is 5. The SMILES string of the molecule is COc1cccc(-n2c3c([nH]c2=O)CN(Cc2ccccc2)C(=NC2CC2)N3)c1. The average molecular weight is 389 g/mol. The monoisotopic (exact) mass is 389 g/mol. The average Bonchev–Trinajstić information content (AvgIpc) is 3.50. The quantitative estimate of drug-likeness (QED) is 0.703. The lowest BCUT2D eigenvalue weighted by atomic mass is 10.2. The first-order valence-electron chi connectivity index (χ1n) is 9.83. The van der Waals surface area contributed by atoms with Crippen molar-refractivity contribution in [3.8, 4) is 11.4 Å². The molecule has 148 valence electrons. The van der Waals surface area contributed by atoms with Gasteiger partial charge in [0.15, 0.2) is 0 Å². The summed E-state index contributed by atoms with van der Waals surface area (Å²) in [4.78, 5) is 22.9. The number of hydrogen-bond acceptors (Lipinski definition) is 3. The zero-order valence-electron chi connectivity index (χ0n) is 16.3. The van der Waals surface area contributed by atoms with Gasteiger partial charge in [-0.25, -0.2) is 14.4 Å². The van der Waals surface area contributed by atoms with Gasteiger partial charge in [0.1, 0.15) is 11.6 Å². The van der Waals surface area contributed by atoms with Crippen molar-refractivity contribution in [3.63, 3.8) is 0 Å². The van der Waals surface area contributed by atoms with E-state index >= 15 is 0 Å². The molecule has 5 rings (SSSR count). The van der Waals surface area contributed by atoms with Gasteiger partial charge in [0.2, 0.25) is 5.96 Å². The molecule has 0 unspecified atom stereocenters. The van der Waals surface area contributed by atoms with Crippen LogP contribution in [0.15, 0.2) is 64.4 Å². The number of H-pyrrole nitrogens is 1. The van der Waals surface area contributed by atoms with Gasteiger partial charge < -0.3 is 19.9 Å². The van der Waals surface area contributed by atoms with Gasteiger partial charge in [-0.3, -0.25) is 0 Å². The Kier molecular flexibility index (Phi) is 4.35. The molecule has 0 saturated heterocycles. The summed E-state index contributed by atoms with van der Waals surface area (Å²) in [6.45, 7) is 1.32. The van der Waals surface area contributed by atoms with E-state index in [9.17, 15) is 4.79 Å². The molecule has 2 aromatic carbocycles. The predicted octanol–water partition coefficient (Wildman–Crippen LogP) is 3.12. The molecule has 2 aliphatic rings. The first kappa shape index (κ1) is 17.6. The van der Waals surface area contributed by atoms with Gasteiger partial charge in [-0.15, -0.1) is 0 Å². The smallest absolute Gasteiger partial charge is 0.332 e. The van der Waals surface area contributed by atoms with E-state index in [1.807, 2.05) is 42.5 Å². The number of imidazole rings is 1. The molecule has 0 radical (unpaired) electrons. The summed E-state index contributed by atoms with van der Waals surface area (Å²) in [7, 11) is 1.62. The van der Waals surface area contributed by atoms with Crippen molar-refractivity contribution in [3.05, 3.63) is 76.3 Å². The highest BCUT2D eigenvalue weighted by Crippen LogP contribution is 2.29. The summed E-state index contributed by atoms with van der Waals surface area (Å²) in [5, 5.41) is 3.43. The van der Waals surface area contributed by atoms with Crippen LogP contribution in [0.5, 0.6) is 5.75 Å². The number of aromatic nitrogens is 2. The summed E-state index contributed by atoms with van der Waals surface area (Å²) >= 11 is 0. The number of anilines is 1. The van der Waals surface area contributed by atoms with Crippen LogP contribution in [-0.4, -0.2) is 33.6 Å². The van der Waals surface area contributed by atoms with Gasteiger partial charge in [-0.1, -0.05) is 36.4 Å². The van der Waals surface area contributed by atoms with Gasteiger partial charge in [-0.05, 0) is 30.5 Å². The molecule has 0 amide bonds. The molecule has 1 aliphatic heterocycles. The van der Waals surface area contributed by atoms with E-state index in [-0.39, 0.29) is 5.69 Å². The summed E-state index contributed by atoms with van der Waals surface area (Å²) in [6.07, 6.45) is 2.24. The van der Waals surface area contributed by atoms with Crippen LogP contribution in [0.4, 0.5) is 5.82 Å². The van der Waals surface area contributed by atoms with Crippen LogP contribution in [-0.2, 0) is 13.1 Å². The highest BCUT2D eigenvalue weighted by molar-refractivity contribution is 5.95. The van der Waals surface area contributed by atoms with Crippen LogP contribution >= 0.6 is 0 Å². The lowest BCUT2D eigenvalue weighted by molar-refractivity contribution is 0.392. The van der Waals surface area contributed by atoms with Crippen molar-refractivity contribution in [1.29, 1.82) is 0 Å². The maximum absolute atomic E-state index is 12.8. The molecule has 3 aromatic rings. The van der Waals surface area contributed by atoms with E-state index in [4.69, 9.17) is 9.73 Å². The van der Waals surface area contributed by atoms with Crippen molar-refractivity contribution in [2.24, 2.45) is 4.99 Å².